The van der Waals surface area contributed by atoms with Crippen molar-refractivity contribution < 1.29 is 30.0 Å². The van der Waals surface area contributed by atoms with Gasteiger partial charge in [0, 0.05) is 54.5 Å². The van der Waals surface area contributed by atoms with Gasteiger partial charge in [0.05, 0.1) is 11.3 Å². The van der Waals surface area contributed by atoms with Gasteiger partial charge in [0.2, 0.25) is 0 Å². The maximum absolute atomic E-state index is 11.7. The maximum Gasteiger partial charge on any atom is 0.162 e. The Hall–Kier alpha value is -3.59. The van der Waals surface area contributed by atoms with Gasteiger partial charge in [-0.3, -0.25) is 9.78 Å². The van der Waals surface area contributed by atoms with Crippen LogP contribution in [0.5, 0.6) is 0 Å². The summed E-state index contributed by atoms with van der Waals surface area (Å²) in [5.74, 6) is 1.02. The van der Waals surface area contributed by atoms with Crippen molar-refractivity contribution in [2.24, 2.45) is 11.8 Å². The Bertz CT molecular complexity index is 2070. The van der Waals surface area contributed by atoms with Crippen molar-refractivity contribution >= 4 is 27.5 Å². The zero-order chi connectivity index (χ0) is 37.2. The van der Waals surface area contributed by atoms with Crippen LogP contribution in [0.25, 0.3) is 44.1 Å². The Morgan fingerprint density at radius 2 is 1.46 bits per heavy atom. The molecule has 0 atom stereocenters. The van der Waals surface area contributed by atoms with Crippen LogP contribution in [0.2, 0.25) is 0 Å². The first-order chi connectivity index (χ1) is 24.2. The van der Waals surface area contributed by atoms with E-state index in [9.17, 15) is 9.90 Å². The summed E-state index contributed by atoms with van der Waals surface area (Å²) in [6, 6.07) is 30.5. The molecule has 4 aromatic carbocycles. The summed E-state index contributed by atoms with van der Waals surface area (Å²) < 4.78 is 0. The molecule has 0 fully saturated rings. The smallest absolute Gasteiger partial charge is 0.162 e. The summed E-state index contributed by atoms with van der Waals surface area (Å²) in [4.78, 5) is 17.1. The second kappa shape index (κ2) is 16.6. The first kappa shape index (κ1) is 41.2. The molecular weight excluding hydrogens is 815 g/mol. The zero-order valence-corrected chi connectivity index (χ0v) is 35.6. The topological polar surface area (TPSA) is 50.2 Å². The molecule has 1 radical (unpaired) electrons. The number of pyridine rings is 1. The number of ketones is 1. The number of fused-ring (bicyclic) bond motifs is 6. The van der Waals surface area contributed by atoms with Gasteiger partial charge in [-0.25, -0.2) is 0 Å². The molecule has 0 aliphatic heterocycles. The van der Waals surface area contributed by atoms with E-state index in [2.05, 4.69) is 127 Å². The quantitative estimate of drug-likeness (QED) is 0.0912. The third-order valence-corrected chi connectivity index (χ3v) is 11.1. The van der Waals surface area contributed by atoms with Crippen molar-refractivity contribution in [2.45, 2.75) is 119 Å². The van der Waals surface area contributed by atoms with Crippen LogP contribution in [-0.4, -0.2) is 15.9 Å². The van der Waals surface area contributed by atoms with E-state index in [1.54, 1.807) is 0 Å². The normalized spacial score (nSPS) is 13.6. The summed E-state index contributed by atoms with van der Waals surface area (Å²) in [6.45, 7) is 24.2. The Morgan fingerprint density at radius 1 is 0.846 bits per heavy atom. The summed E-state index contributed by atoms with van der Waals surface area (Å²) in [5, 5.41) is 13.5. The van der Waals surface area contributed by atoms with Crippen molar-refractivity contribution in [2.75, 3.05) is 0 Å². The van der Waals surface area contributed by atoms with Gasteiger partial charge in [0.1, 0.15) is 0 Å². The fraction of sp³-hybridized carbons (Fsp3) is 0.417. The third kappa shape index (κ3) is 7.99. The van der Waals surface area contributed by atoms with Gasteiger partial charge in [-0.15, -0.1) is 29.1 Å². The number of carbonyl (C=O) groups excluding carboxylic acids is 1. The molecule has 1 aliphatic carbocycles. The zero-order valence-electron chi connectivity index (χ0n) is 33.2. The van der Waals surface area contributed by atoms with Gasteiger partial charge in [0.25, 0.3) is 0 Å². The average molecular weight is 873 g/mol. The van der Waals surface area contributed by atoms with Gasteiger partial charge in [0.15, 0.2) is 5.78 Å². The second-order valence-electron chi connectivity index (χ2n) is 16.2. The van der Waals surface area contributed by atoms with Crippen molar-refractivity contribution in [3.63, 3.8) is 0 Å². The Balaban J connectivity index is 0.000000323. The molecule has 5 aromatic rings. The Kier molecular flexibility index (Phi) is 13.1. The number of rotatable bonds is 9. The fourth-order valence-corrected chi connectivity index (χ4v) is 7.88. The SMILES string of the molecule is CC(C)c1ccc2nc(-c3[c-]c4ccccc4c(C(C)(C)C)c3)c3c(c2c1)C(C)(C)c1ccccc1-3.CCC(CC)C(=O)/C=C(\O)C(CC)CC.[Ir]. The first-order valence-corrected chi connectivity index (χ1v) is 19.2. The van der Waals surface area contributed by atoms with Crippen molar-refractivity contribution in [3.05, 3.63) is 113 Å². The summed E-state index contributed by atoms with van der Waals surface area (Å²) >= 11 is 0. The van der Waals surface area contributed by atoms with Gasteiger partial charge < -0.3 is 5.11 Å². The van der Waals surface area contributed by atoms with Crippen molar-refractivity contribution in [1.29, 1.82) is 0 Å². The van der Waals surface area contributed by atoms with Gasteiger partial charge in [-0.1, -0.05) is 136 Å². The van der Waals surface area contributed by atoms with Crippen LogP contribution < -0.4 is 0 Å². The molecule has 1 aliphatic rings. The summed E-state index contributed by atoms with van der Waals surface area (Å²) in [5.41, 5.74) is 11.1. The molecule has 277 valence electrons. The van der Waals surface area contributed by atoms with E-state index in [1.807, 2.05) is 27.7 Å². The van der Waals surface area contributed by atoms with Crippen molar-refractivity contribution in [1.82, 2.24) is 4.98 Å². The Labute approximate surface area is 326 Å². The number of benzene rings is 4. The summed E-state index contributed by atoms with van der Waals surface area (Å²) in [7, 11) is 0. The molecule has 0 saturated heterocycles. The molecule has 0 amide bonds. The van der Waals surface area contributed by atoms with Crippen LogP contribution in [0.4, 0.5) is 0 Å². The number of aromatic nitrogens is 1. The molecule has 0 saturated carbocycles. The van der Waals surface area contributed by atoms with E-state index in [0.29, 0.717) is 5.92 Å². The summed E-state index contributed by atoms with van der Waals surface area (Å²) in [6.07, 6.45) is 4.91. The third-order valence-electron chi connectivity index (χ3n) is 11.1. The molecule has 52 heavy (non-hydrogen) atoms. The molecule has 3 nitrogen and oxygen atoms in total. The minimum absolute atomic E-state index is 0. The molecule has 0 unspecified atom stereocenters. The first-order valence-electron chi connectivity index (χ1n) is 19.2. The van der Waals surface area contributed by atoms with Crippen LogP contribution in [0.15, 0.2) is 84.6 Å². The number of hydrogen-bond acceptors (Lipinski definition) is 3. The molecule has 4 heteroatoms. The van der Waals surface area contributed by atoms with Gasteiger partial charge in [-0.2, -0.15) is 0 Å². The van der Waals surface area contributed by atoms with Crippen LogP contribution in [0.3, 0.4) is 0 Å². The molecule has 6 rings (SSSR count). The van der Waals surface area contributed by atoms with E-state index in [1.165, 1.54) is 50.2 Å². The average Bonchev–Trinajstić information content (AvgIpc) is 3.35. The molecule has 1 N–H and O–H groups in total. The molecule has 0 bridgehead atoms. The van der Waals surface area contributed by atoms with E-state index < -0.39 is 0 Å². The number of carbonyl (C=O) groups is 1. The van der Waals surface area contributed by atoms with E-state index >= 15 is 0 Å². The minimum Gasteiger partial charge on any atom is -0.512 e. The monoisotopic (exact) mass is 873 g/mol. The molecule has 1 aromatic heterocycles. The number of hydrogen-bond donors (Lipinski definition) is 1. The molecular formula is C48H58IrNO2-. The predicted molar refractivity (Wildman–Crippen MR) is 218 cm³/mol. The predicted octanol–water partition coefficient (Wildman–Crippen LogP) is 13.4. The van der Waals surface area contributed by atoms with Crippen LogP contribution in [0, 0.1) is 17.9 Å². The number of aliphatic hydroxyl groups is 1. The minimum atomic E-state index is -0.110. The van der Waals surface area contributed by atoms with Crippen molar-refractivity contribution in [3.8, 4) is 22.4 Å². The number of nitrogens with zero attached hydrogens (tertiary/aromatic N) is 1. The van der Waals surface area contributed by atoms with Gasteiger partial charge >= 0.3 is 0 Å². The molecule has 1 heterocycles. The van der Waals surface area contributed by atoms with Crippen LogP contribution in [0.1, 0.15) is 130 Å². The van der Waals surface area contributed by atoms with Crippen LogP contribution in [-0.2, 0) is 35.7 Å². The number of aliphatic hydroxyl groups excluding tert-OH is 1. The van der Waals surface area contributed by atoms with E-state index in [4.69, 9.17) is 4.98 Å². The largest absolute Gasteiger partial charge is 0.512 e. The van der Waals surface area contributed by atoms with Crippen LogP contribution >= 0.6 is 0 Å². The number of allylic oxidation sites excluding steroid dienone is 2. The Morgan fingerprint density at radius 3 is 2.08 bits per heavy atom. The maximum atomic E-state index is 11.7. The fourth-order valence-electron chi connectivity index (χ4n) is 7.88. The molecule has 0 spiro atoms. The van der Waals surface area contributed by atoms with E-state index in [0.717, 1.165) is 47.8 Å². The second-order valence-corrected chi connectivity index (χ2v) is 16.2. The van der Waals surface area contributed by atoms with E-state index in [-0.39, 0.29) is 54.3 Å². The standard InChI is InChI=1S/C35H34N.C13H24O2.Ir/c1-21(2)22-16-17-30-27(19-22)32-31(26-14-10-11-15-28(26)35(32,6)7)33(36-30)24-18-23-12-8-9-13-25(23)29(20-24)34(3,4)5;1-5-10(6-2)12(14)9-13(15)11(7-3)8-4;/h8-17,19-21H,1-7H3;9-11,14H,5-8H2,1-4H3;/q-1;;/b;12-9-;. The van der Waals surface area contributed by atoms with Gasteiger partial charge in [-0.05, 0) is 77.0 Å².